The van der Waals surface area contributed by atoms with E-state index in [1.54, 1.807) is 24.0 Å². The lowest BCUT2D eigenvalue weighted by Gasteiger charge is -2.01. The summed E-state index contributed by atoms with van der Waals surface area (Å²) >= 11 is 1.41. The van der Waals surface area contributed by atoms with Crippen molar-refractivity contribution in [2.45, 2.75) is 4.90 Å². The minimum Gasteiger partial charge on any atom is -0.265 e. The summed E-state index contributed by atoms with van der Waals surface area (Å²) in [4.78, 5) is 0.663. The molecule has 0 atom stereocenters. The van der Waals surface area contributed by atoms with E-state index in [1.807, 2.05) is 12.3 Å². The summed E-state index contributed by atoms with van der Waals surface area (Å²) in [7, 11) is 1.75. The van der Waals surface area contributed by atoms with Crippen LogP contribution in [0.5, 0.6) is 0 Å². The quantitative estimate of drug-likeness (QED) is 0.652. The van der Waals surface area contributed by atoms with Crippen LogP contribution < -0.4 is 0 Å². The molecule has 0 aliphatic rings. The third kappa shape index (κ3) is 1.21. The monoisotopic (exact) mass is 196 g/mol. The highest BCUT2D eigenvalue weighted by atomic mass is 32.2. The average molecular weight is 196 g/mol. The number of benzene rings is 1. The summed E-state index contributed by atoms with van der Waals surface area (Å²) in [5.41, 5.74) is 0.576. The molecular formula is C9H9FN2S. The fraction of sp³-hybridized carbons (Fsp3) is 0.222. The molecule has 0 fully saturated rings. The van der Waals surface area contributed by atoms with Gasteiger partial charge in [-0.3, -0.25) is 4.68 Å². The van der Waals surface area contributed by atoms with Gasteiger partial charge < -0.3 is 0 Å². The minimum atomic E-state index is -0.176. The van der Waals surface area contributed by atoms with Crippen molar-refractivity contribution in [2.75, 3.05) is 6.26 Å². The Balaban J connectivity index is 2.83. The normalized spacial score (nSPS) is 11.0. The Bertz CT molecular complexity index is 450. The van der Waals surface area contributed by atoms with Crippen LogP contribution in [0.1, 0.15) is 0 Å². The molecule has 0 unspecified atom stereocenters. The molecule has 2 nitrogen and oxygen atoms in total. The predicted molar refractivity (Wildman–Crippen MR) is 52.5 cm³/mol. The molecule has 2 rings (SSSR count). The first-order valence-electron chi connectivity index (χ1n) is 3.88. The van der Waals surface area contributed by atoms with Gasteiger partial charge in [-0.1, -0.05) is 0 Å². The zero-order valence-electron chi connectivity index (χ0n) is 7.41. The van der Waals surface area contributed by atoms with Crippen molar-refractivity contribution in [3.05, 3.63) is 24.1 Å². The number of thioether (sulfide) groups is 1. The molecule has 13 heavy (non-hydrogen) atoms. The smallest absolute Gasteiger partial charge is 0.162 e. The fourth-order valence-electron chi connectivity index (χ4n) is 1.36. The van der Waals surface area contributed by atoms with Crippen molar-refractivity contribution in [2.24, 2.45) is 7.05 Å². The summed E-state index contributed by atoms with van der Waals surface area (Å²) in [5, 5.41) is 4.84. The SMILES string of the molecule is CSc1ccc2cnn(C)c2c1F. The van der Waals surface area contributed by atoms with Crippen LogP contribution in [0.15, 0.2) is 23.2 Å². The maximum absolute atomic E-state index is 13.7. The zero-order chi connectivity index (χ0) is 9.42. The van der Waals surface area contributed by atoms with E-state index < -0.39 is 0 Å². The number of aryl methyl sites for hydroxylation is 1. The largest absolute Gasteiger partial charge is 0.265 e. The van der Waals surface area contributed by atoms with E-state index in [1.165, 1.54) is 11.8 Å². The summed E-state index contributed by atoms with van der Waals surface area (Å²) < 4.78 is 15.2. The number of hydrogen-bond acceptors (Lipinski definition) is 2. The van der Waals surface area contributed by atoms with Gasteiger partial charge in [0.25, 0.3) is 0 Å². The second-order valence-corrected chi connectivity index (χ2v) is 3.64. The number of halogens is 1. The predicted octanol–water partition coefficient (Wildman–Crippen LogP) is 2.43. The molecule has 0 radical (unpaired) electrons. The van der Waals surface area contributed by atoms with Gasteiger partial charge in [0.2, 0.25) is 0 Å². The molecule has 0 saturated heterocycles. The minimum absolute atomic E-state index is 0.176. The Kier molecular flexibility index (Phi) is 2.00. The molecule has 1 heterocycles. The fourth-order valence-corrected chi connectivity index (χ4v) is 1.84. The van der Waals surface area contributed by atoms with Gasteiger partial charge >= 0.3 is 0 Å². The Hall–Kier alpha value is -1.03. The summed E-state index contributed by atoms with van der Waals surface area (Å²) in [6.45, 7) is 0. The van der Waals surface area contributed by atoms with Gasteiger partial charge in [0.05, 0.1) is 6.20 Å². The summed E-state index contributed by atoms with van der Waals surface area (Å²) in [5.74, 6) is -0.176. The molecule has 68 valence electrons. The van der Waals surface area contributed by atoms with Crippen LogP contribution in [-0.4, -0.2) is 16.0 Å². The Labute approximate surface area is 79.7 Å². The lowest BCUT2D eigenvalue weighted by molar-refractivity contribution is 0.602. The molecule has 4 heteroatoms. The van der Waals surface area contributed by atoms with Crippen LogP contribution in [0.4, 0.5) is 4.39 Å². The lowest BCUT2D eigenvalue weighted by Crippen LogP contribution is -1.93. The van der Waals surface area contributed by atoms with Crippen molar-refractivity contribution in [1.82, 2.24) is 9.78 Å². The maximum Gasteiger partial charge on any atom is 0.162 e. The van der Waals surface area contributed by atoms with Gasteiger partial charge in [0.1, 0.15) is 5.52 Å². The molecule has 0 N–H and O–H groups in total. The standard InChI is InChI=1S/C9H9FN2S/c1-12-9-6(5-11-12)3-4-7(13-2)8(9)10/h3-5H,1-2H3. The summed E-state index contributed by atoms with van der Waals surface area (Å²) in [6, 6.07) is 3.67. The zero-order valence-corrected chi connectivity index (χ0v) is 8.23. The van der Waals surface area contributed by atoms with Crippen molar-refractivity contribution >= 4 is 22.7 Å². The number of aromatic nitrogens is 2. The van der Waals surface area contributed by atoms with Crippen LogP contribution in [0.2, 0.25) is 0 Å². The van der Waals surface area contributed by atoms with E-state index in [9.17, 15) is 4.39 Å². The van der Waals surface area contributed by atoms with Gasteiger partial charge in [0.15, 0.2) is 5.82 Å². The van der Waals surface area contributed by atoms with Crippen molar-refractivity contribution in [1.29, 1.82) is 0 Å². The van der Waals surface area contributed by atoms with E-state index in [0.717, 1.165) is 5.39 Å². The van der Waals surface area contributed by atoms with E-state index in [4.69, 9.17) is 0 Å². The van der Waals surface area contributed by atoms with Crippen molar-refractivity contribution in [3.8, 4) is 0 Å². The molecule has 0 aliphatic carbocycles. The second-order valence-electron chi connectivity index (χ2n) is 2.79. The average Bonchev–Trinajstić information content (AvgIpc) is 2.49. The highest BCUT2D eigenvalue weighted by Crippen LogP contribution is 2.25. The van der Waals surface area contributed by atoms with Crippen LogP contribution in [0.25, 0.3) is 10.9 Å². The lowest BCUT2D eigenvalue weighted by atomic mass is 10.2. The van der Waals surface area contributed by atoms with Crippen molar-refractivity contribution < 1.29 is 4.39 Å². The Morgan fingerprint density at radius 3 is 2.92 bits per heavy atom. The Morgan fingerprint density at radius 1 is 1.46 bits per heavy atom. The molecule has 0 aliphatic heterocycles. The Morgan fingerprint density at radius 2 is 2.23 bits per heavy atom. The topological polar surface area (TPSA) is 17.8 Å². The van der Waals surface area contributed by atoms with Gasteiger partial charge in [-0.15, -0.1) is 11.8 Å². The van der Waals surface area contributed by atoms with E-state index in [2.05, 4.69) is 5.10 Å². The number of fused-ring (bicyclic) bond motifs is 1. The second kappa shape index (κ2) is 3.03. The molecule has 1 aromatic carbocycles. The molecule has 0 spiro atoms. The number of nitrogens with zero attached hydrogens (tertiary/aromatic N) is 2. The molecule has 2 aromatic rings. The first kappa shape index (κ1) is 8.56. The first-order chi connectivity index (χ1) is 6.24. The third-order valence-electron chi connectivity index (χ3n) is 2.03. The molecule has 0 saturated carbocycles. The highest BCUT2D eigenvalue weighted by molar-refractivity contribution is 7.98. The van der Waals surface area contributed by atoms with Gasteiger partial charge in [0, 0.05) is 17.3 Å². The van der Waals surface area contributed by atoms with E-state index in [0.29, 0.717) is 10.4 Å². The number of hydrogen-bond donors (Lipinski definition) is 0. The molecule has 0 amide bonds. The van der Waals surface area contributed by atoms with Crippen molar-refractivity contribution in [3.63, 3.8) is 0 Å². The molecule has 0 bridgehead atoms. The molecule has 1 aromatic heterocycles. The van der Waals surface area contributed by atoms with Gasteiger partial charge in [-0.25, -0.2) is 4.39 Å². The highest BCUT2D eigenvalue weighted by Gasteiger charge is 2.09. The van der Waals surface area contributed by atoms with Crippen LogP contribution in [-0.2, 0) is 7.05 Å². The van der Waals surface area contributed by atoms with E-state index >= 15 is 0 Å². The maximum atomic E-state index is 13.7. The first-order valence-corrected chi connectivity index (χ1v) is 5.10. The van der Waals surface area contributed by atoms with Crippen LogP contribution in [0.3, 0.4) is 0 Å². The van der Waals surface area contributed by atoms with E-state index in [-0.39, 0.29) is 5.82 Å². The third-order valence-corrected chi connectivity index (χ3v) is 2.78. The van der Waals surface area contributed by atoms with Gasteiger partial charge in [-0.05, 0) is 18.4 Å². The molecular weight excluding hydrogens is 187 g/mol. The van der Waals surface area contributed by atoms with Gasteiger partial charge in [-0.2, -0.15) is 5.10 Å². The van der Waals surface area contributed by atoms with Crippen LogP contribution in [0, 0.1) is 5.82 Å². The summed E-state index contributed by atoms with van der Waals surface area (Å²) in [6.07, 6.45) is 3.53. The van der Waals surface area contributed by atoms with Crippen LogP contribution >= 0.6 is 11.8 Å². The number of rotatable bonds is 1.